The molecule has 1 aliphatic carbocycles. The molecule has 2 N–H and O–H groups in total. The number of phenolic OH excluding ortho intramolecular Hbond substituents is 2. The highest BCUT2D eigenvalue weighted by molar-refractivity contribution is 6.59. The molecule has 3 rings (SSSR count). The van der Waals surface area contributed by atoms with Gasteiger partial charge in [-0.2, -0.15) is 49.1 Å². The van der Waals surface area contributed by atoms with Crippen LogP contribution >= 0.6 is 23.2 Å². The molecule has 0 saturated carbocycles. The Balaban J connectivity index is 0.000000758. The minimum atomic E-state index is -5.59. The predicted molar refractivity (Wildman–Crippen MR) is 137 cm³/mol. The van der Waals surface area contributed by atoms with E-state index in [9.17, 15) is 53.5 Å². The molecule has 0 aliphatic heterocycles. The number of carbonyl (C=O) groups excluding carboxylic acids is 2. The van der Waals surface area contributed by atoms with E-state index in [4.69, 9.17) is 65.0 Å². The molecule has 0 spiro atoms. The van der Waals surface area contributed by atoms with Crippen molar-refractivity contribution in [3.8, 4) is 59.4 Å². The van der Waals surface area contributed by atoms with Gasteiger partial charge in [0, 0.05) is 1.43 Å². The minimum absolute atomic E-state index is 0. The number of nitrogens with zero attached hydrogens (tertiary/aromatic N) is 6. The topological polar surface area (TPSA) is 236 Å². The second-order valence-corrected chi connectivity index (χ2v) is 8.67. The molecule has 0 fully saturated rings. The van der Waals surface area contributed by atoms with Gasteiger partial charge in [-0.15, -0.1) is 26.3 Å². The molecule has 0 bridgehead atoms. The number of alkyl halides is 6. The lowest BCUT2D eigenvalue weighted by Gasteiger charge is -2.16. The second-order valence-electron chi connectivity index (χ2n) is 7.91. The number of nitriles is 6. The van der Waals surface area contributed by atoms with Gasteiger partial charge in [0.1, 0.15) is 79.9 Å². The lowest BCUT2D eigenvalue weighted by atomic mass is 9.96. The Bertz CT molecular complexity index is 2000. The molecule has 258 valence electrons. The van der Waals surface area contributed by atoms with Gasteiger partial charge < -0.3 is 19.7 Å². The van der Waals surface area contributed by atoms with Crippen molar-refractivity contribution in [2.75, 3.05) is 0 Å². The molecule has 0 heterocycles. The molecule has 0 unspecified atom stereocenters. The quantitative estimate of drug-likeness (QED) is 0.203. The van der Waals surface area contributed by atoms with Crippen LogP contribution in [-0.4, -0.2) is 34.5 Å². The summed E-state index contributed by atoms with van der Waals surface area (Å²) in [4.78, 5) is 22.4. The molecule has 1 aliphatic rings. The van der Waals surface area contributed by atoms with Crippen LogP contribution in [0, 0.1) is 91.3 Å². The van der Waals surface area contributed by atoms with Crippen molar-refractivity contribution in [2.24, 2.45) is 0 Å². The zero-order chi connectivity index (χ0) is 39.0. The van der Waals surface area contributed by atoms with Crippen LogP contribution in [-0.2, 0) is 9.59 Å². The summed E-state index contributed by atoms with van der Waals surface area (Å²) in [5, 5.41) is 67.8. The van der Waals surface area contributed by atoms with Crippen LogP contribution in [0.1, 0.15) is 23.7 Å². The van der Waals surface area contributed by atoms with Crippen molar-refractivity contribution in [3.05, 3.63) is 66.7 Å². The van der Waals surface area contributed by atoms with Gasteiger partial charge in [-0.3, -0.25) is 9.59 Å². The van der Waals surface area contributed by atoms with Crippen LogP contribution in [0.15, 0.2) is 21.2 Å². The number of benzene rings is 2. The molecule has 50 heavy (non-hydrogen) atoms. The Labute approximate surface area is 279 Å². The van der Waals surface area contributed by atoms with Gasteiger partial charge in [-0.05, 0) is 0 Å². The van der Waals surface area contributed by atoms with Crippen LogP contribution in [0.2, 0.25) is 0 Å². The highest BCUT2D eigenvalue weighted by atomic mass is 35.5. The number of Topliss-reactive ketones (excluding diaryl/α,β-unsaturated/α-hetero) is 2. The maximum absolute atomic E-state index is 13.4. The summed E-state index contributed by atoms with van der Waals surface area (Å²) in [5.74, 6) is -17.1. The molecule has 0 radical (unpaired) electrons. The summed E-state index contributed by atoms with van der Waals surface area (Å²) in [6.45, 7) is 0. The van der Waals surface area contributed by atoms with E-state index in [2.05, 4.69) is 9.47 Å². The number of allylic oxidation sites excluding steroid dienone is 4. The second kappa shape index (κ2) is 15.9. The maximum Gasteiger partial charge on any atom is 0.573 e. The molecule has 0 amide bonds. The summed E-state index contributed by atoms with van der Waals surface area (Å²) in [6, 6.07) is 7.12. The van der Waals surface area contributed by atoms with Crippen molar-refractivity contribution in [3.63, 3.8) is 0 Å². The lowest BCUT2D eigenvalue weighted by molar-refractivity contribution is -0.278. The Morgan fingerprint density at radius 1 is 0.520 bits per heavy atom. The fourth-order valence-electron chi connectivity index (χ4n) is 3.02. The number of aromatic hydroxyl groups is 2. The normalized spacial score (nSPS) is 12.4. The largest absolute Gasteiger partial charge is 0.573 e. The van der Waals surface area contributed by atoms with Gasteiger partial charge >= 0.3 is 12.7 Å². The third-order valence-electron chi connectivity index (χ3n) is 5.03. The fourth-order valence-corrected chi connectivity index (χ4v) is 3.38. The lowest BCUT2D eigenvalue weighted by Crippen LogP contribution is -2.22. The number of hydrogen-bond donors (Lipinski definition) is 2. The van der Waals surface area contributed by atoms with E-state index in [1.54, 1.807) is 0 Å². The average molecular weight is 757 g/mol. The van der Waals surface area contributed by atoms with Crippen LogP contribution in [0.5, 0.6) is 23.0 Å². The van der Waals surface area contributed by atoms with E-state index in [1.807, 2.05) is 0 Å². The van der Waals surface area contributed by atoms with E-state index < -0.39 is 114 Å². The summed E-state index contributed by atoms with van der Waals surface area (Å²) < 4.78 is 131. The number of rotatable bonds is 2. The zero-order valence-electron chi connectivity index (χ0n) is 22.7. The van der Waals surface area contributed by atoms with Crippen molar-refractivity contribution in [2.45, 2.75) is 12.7 Å². The minimum Gasteiger partial charge on any atom is -0.504 e. The van der Waals surface area contributed by atoms with Crippen molar-refractivity contribution in [1.82, 2.24) is 0 Å². The first-order valence-corrected chi connectivity index (χ1v) is 12.0. The number of phenols is 2. The van der Waals surface area contributed by atoms with Gasteiger partial charge in [0.15, 0.2) is 23.0 Å². The number of halogens is 12. The summed E-state index contributed by atoms with van der Waals surface area (Å²) in [5.41, 5.74) is -5.90. The summed E-state index contributed by atoms with van der Waals surface area (Å²) in [6.07, 6.45) is -11.2. The molecule has 0 saturated heterocycles. The highest BCUT2D eigenvalue weighted by Gasteiger charge is 2.41. The average Bonchev–Trinajstić information content (AvgIpc) is 3.04. The fraction of sp³-hybridized carbons (Fsp3) is 0.0769. The van der Waals surface area contributed by atoms with E-state index in [1.165, 1.54) is 24.3 Å². The summed E-state index contributed by atoms with van der Waals surface area (Å²) >= 11 is 10.8. The Morgan fingerprint density at radius 2 is 0.780 bits per heavy atom. The third kappa shape index (κ3) is 8.79. The van der Waals surface area contributed by atoms with Gasteiger partial charge in [0.05, 0.1) is 0 Å². The molecule has 0 aromatic heterocycles. The first-order valence-electron chi connectivity index (χ1n) is 11.3. The molecule has 24 heteroatoms. The van der Waals surface area contributed by atoms with Crippen LogP contribution in [0.3, 0.4) is 0 Å². The van der Waals surface area contributed by atoms with Crippen LogP contribution in [0.4, 0.5) is 43.9 Å². The maximum atomic E-state index is 13.4. The Morgan fingerprint density at radius 3 is 0.980 bits per heavy atom. The SMILES string of the molecule is N#CC1=C(C#N)C(=O)C(Cl)=C(Cl)C1=O.N#Cc1c(C#N)c(OC(F)(F)F)c(F)c(F)c1OC(F)(F)F.N#Cc1c(O)c(F)c(F)c(O)c1C#N.[HH]. The number of ether oxygens (including phenoxy) is 2. The van der Waals surface area contributed by atoms with Crippen LogP contribution < -0.4 is 9.47 Å². The van der Waals surface area contributed by atoms with Crippen molar-refractivity contribution >= 4 is 34.8 Å². The third-order valence-corrected chi connectivity index (χ3v) is 5.85. The van der Waals surface area contributed by atoms with Crippen molar-refractivity contribution < 1.29 is 74.6 Å². The molecule has 12 nitrogen and oxygen atoms in total. The highest BCUT2D eigenvalue weighted by Crippen LogP contribution is 2.40. The van der Waals surface area contributed by atoms with E-state index >= 15 is 0 Å². The van der Waals surface area contributed by atoms with E-state index in [-0.39, 0.29) is 1.43 Å². The van der Waals surface area contributed by atoms with Crippen LogP contribution in [0.25, 0.3) is 0 Å². The number of hydrogen-bond acceptors (Lipinski definition) is 12. The molecule has 2 aromatic rings. The first kappa shape index (κ1) is 41.3. The zero-order valence-corrected chi connectivity index (χ0v) is 24.3. The van der Waals surface area contributed by atoms with Gasteiger partial charge in [-0.1, -0.05) is 23.2 Å². The molecule has 2 aromatic carbocycles. The van der Waals surface area contributed by atoms with Gasteiger partial charge in [0.25, 0.3) is 0 Å². The number of ketones is 2. The van der Waals surface area contributed by atoms with Gasteiger partial charge in [0.2, 0.25) is 34.8 Å². The number of carbonyl (C=O) groups is 2. The Kier molecular flexibility index (Phi) is 13.1. The monoisotopic (exact) mass is 756 g/mol. The van der Waals surface area contributed by atoms with Crippen molar-refractivity contribution in [1.29, 1.82) is 31.6 Å². The predicted octanol–water partition coefficient (Wildman–Crippen LogP) is 6.04. The van der Waals surface area contributed by atoms with E-state index in [0.29, 0.717) is 0 Å². The molecule has 0 atom stereocenters. The first-order chi connectivity index (χ1) is 23.0. The smallest absolute Gasteiger partial charge is 0.504 e. The van der Waals surface area contributed by atoms with E-state index in [0.717, 1.165) is 12.1 Å². The summed E-state index contributed by atoms with van der Waals surface area (Å²) in [7, 11) is 0. The van der Waals surface area contributed by atoms with Gasteiger partial charge in [-0.25, -0.2) is 0 Å². The molecular weight excluding hydrogens is 753 g/mol. The molecular formula is C26H4Cl2F10N6O6. The standard InChI is InChI=1S/C10F8N2O2.C8Cl2N2O2.C8H2F2N2O2.H2/c11-5-6(12)8(22-10(16,17)18)4(2-20)3(1-19)7(5)21-9(13,14)15;2*9-5-6(10)8(14)4(2-12)3(1-11)7(5)13;/h;;13-14H;1H. The Hall–Kier alpha value is -6.72.